The Bertz CT molecular complexity index is 378. The van der Waals surface area contributed by atoms with E-state index in [1.165, 1.54) is 5.70 Å². The molecule has 0 bridgehead atoms. The first-order valence-electron chi connectivity index (χ1n) is 8.23. The van der Waals surface area contributed by atoms with Crippen LogP contribution in [-0.4, -0.2) is 60.8 Å². The minimum absolute atomic E-state index is 0.0781. The Morgan fingerprint density at radius 1 is 1.48 bits per heavy atom. The summed E-state index contributed by atoms with van der Waals surface area (Å²) in [5.74, 6) is 0. The molecule has 1 N–H and O–H groups in total. The van der Waals surface area contributed by atoms with Gasteiger partial charge in [0, 0.05) is 37.9 Å². The summed E-state index contributed by atoms with van der Waals surface area (Å²) in [6.07, 6.45) is 5.08. The van der Waals surface area contributed by atoms with Crippen molar-refractivity contribution in [3.05, 3.63) is 11.8 Å². The van der Waals surface area contributed by atoms with Crippen LogP contribution in [0.1, 0.15) is 40.0 Å². The molecule has 2 aliphatic heterocycles. The number of nitrogens with one attached hydrogen (secondary N) is 1. The number of carbonyl (C=O) groups excluding carboxylic acids is 1. The lowest BCUT2D eigenvalue weighted by Gasteiger charge is -2.32. The topological polar surface area (TPSA) is 44.8 Å². The van der Waals surface area contributed by atoms with Gasteiger partial charge in [0.15, 0.2) is 0 Å². The summed E-state index contributed by atoms with van der Waals surface area (Å²) in [6, 6.07) is 0.243. The molecule has 0 saturated carbocycles. The van der Waals surface area contributed by atoms with Gasteiger partial charge in [-0.2, -0.15) is 0 Å². The van der Waals surface area contributed by atoms with E-state index in [4.69, 9.17) is 4.74 Å². The van der Waals surface area contributed by atoms with Crippen molar-refractivity contribution in [1.29, 1.82) is 0 Å². The summed E-state index contributed by atoms with van der Waals surface area (Å²) in [4.78, 5) is 16.2. The molecule has 5 heteroatoms. The van der Waals surface area contributed by atoms with Crippen LogP contribution in [0.5, 0.6) is 0 Å². The van der Waals surface area contributed by atoms with Crippen molar-refractivity contribution in [3.63, 3.8) is 0 Å². The fourth-order valence-corrected chi connectivity index (χ4v) is 3.06. The largest absolute Gasteiger partial charge is 0.444 e. The van der Waals surface area contributed by atoms with Crippen LogP contribution in [0.15, 0.2) is 11.8 Å². The zero-order valence-corrected chi connectivity index (χ0v) is 13.6. The zero-order chi connectivity index (χ0) is 15.2. The van der Waals surface area contributed by atoms with Gasteiger partial charge in [-0.15, -0.1) is 0 Å². The number of carbonyl (C=O) groups is 1. The molecule has 2 saturated heterocycles. The van der Waals surface area contributed by atoms with Crippen LogP contribution in [0.4, 0.5) is 4.79 Å². The molecule has 2 aliphatic rings. The van der Waals surface area contributed by atoms with Gasteiger partial charge in [0.1, 0.15) is 6.10 Å². The summed E-state index contributed by atoms with van der Waals surface area (Å²) in [5, 5.41) is 3.38. The first-order valence-corrected chi connectivity index (χ1v) is 8.23. The van der Waals surface area contributed by atoms with Crippen LogP contribution < -0.4 is 5.32 Å². The third kappa shape index (κ3) is 4.13. The monoisotopic (exact) mass is 295 g/mol. The molecule has 120 valence electrons. The molecule has 0 radical (unpaired) electrons. The first kappa shape index (κ1) is 16.1. The Morgan fingerprint density at radius 3 is 2.76 bits per heavy atom. The number of rotatable bonds is 6. The van der Waals surface area contributed by atoms with E-state index in [2.05, 4.69) is 37.1 Å². The highest BCUT2D eigenvalue weighted by Crippen LogP contribution is 2.21. The molecular weight excluding hydrogens is 266 g/mol. The molecule has 2 rings (SSSR count). The van der Waals surface area contributed by atoms with E-state index in [1.54, 1.807) is 0 Å². The number of nitrogens with zero attached hydrogens (tertiary/aromatic N) is 2. The molecule has 1 amide bonds. The molecule has 2 heterocycles. The predicted octanol–water partition coefficient (Wildman–Crippen LogP) is 2.19. The minimum Gasteiger partial charge on any atom is -0.444 e. The summed E-state index contributed by atoms with van der Waals surface area (Å²) < 4.78 is 5.35. The lowest BCUT2D eigenvalue weighted by Crippen LogP contribution is -2.43. The van der Waals surface area contributed by atoms with E-state index >= 15 is 0 Å². The average molecular weight is 295 g/mol. The summed E-state index contributed by atoms with van der Waals surface area (Å²) in [6.45, 7) is 11.3. The number of piperazine rings is 1. The van der Waals surface area contributed by atoms with Crippen molar-refractivity contribution in [2.24, 2.45) is 0 Å². The van der Waals surface area contributed by atoms with E-state index in [9.17, 15) is 4.79 Å². The molecule has 0 spiro atoms. The van der Waals surface area contributed by atoms with Gasteiger partial charge < -0.3 is 19.9 Å². The van der Waals surface area contributed by atoms with E-state index < -0.39 is 0 Å². The normalized spacial score (nSPS) is 25.2. The SMILES string of the molecule is C/C=C(\CCC(C)N1CC(CC)OC1=O)N1CCNCC1. The molecule has 5 nitrogen and oxygen atoms in total. The lowest BCUT2D eigenvalue weighted by atomic mass is 10.1. The molecule has 0 aromatic heterocycles. The number of hydrogen-bond donors (Lipinski definition) is 1. The van der Waals surface area contributed by atoms with Gasteiger partial charge in [-0.05, 0) is 33.1 Å². The van der Waals surface area contributed by atoms with Crippen LogP contribution in [-0.2, 0) is 4.74 Å². The molecular formula is C16H29N3O2. The van der Waals surface area contributed by atoms with Gasteiger partial charge >= 0.3 is 6.09 Å². The summed E-state index contributed by atoms with van der Waals surface area (Å²) in [5.41, 5.74) is 1.41. The Balaban J connectivity index is 1.82. The highest BCUT2D eigenvalue weighted by Gasteiger charge is 2.33. The lowest BCUT2D eigenvalue weighted by molar-refractivity contribution is 0.126. The average Bonchev–Trinajstić information content (AvgIpc) is 2.90. The van der Waals surface area contributed by atoms with Crippen molar-refractivity contribution >= 4 is 6.09 Å². The number of allylic oxidation sites excluding steroid dienone is 2. The second-order valence-corrected chi connectivity index (χ2v) is 5.97. The zero-order valence-electron chi connectivity index (χ0n) is 13.6. The van der Waals surface area contributed by atoms with Crippen LogP contribution >= 0.6 is 0 Å². The molecule has 2 unspecified atom stereocenters. The summed E-state index contributed by atoms with van der Waals surface area (Å²) >= 11 is 0. The predicted molar refractivity (Wildman–Crippen MR) is 84.2 cm³/mol. The fourth-order valence-electron chi connectivity index (χ4n) is 3.06. The second kappa shape index (κ2) is 7.69. The Kier molecular flexibility index (Phi) is 5.91. The first-order chi connectivity index (χ1) is 10.2. The van der Waals surface area contributed by atoms with E-state index in [0.717, 1.165) is 52.0 Å². The van der Waals surface area contributed by atoms with E-state index in [1.807, 2.05) is 4.90 Å². The van der Waals surface area contributed by atoms with Gasteiger partial charge in [-0.3, -0.25) is 0 Å². The maximum atomic E-state index is 11.9. The highest BCUT2D eigenvalue weighted by molar-refractivity contribution is 5.70. The van der Waals surface area contributed by atoms with Gasteiger partial charge in [-0.1, -0.05) is 13.0 Å². The quantitative estimate of drug-likeness (QED) is 0.816. The molecule has 0 aliphatic carbocycles. The van der Waals surface area contributed by atoms with Gasteiger partial charge in [0.05, 0.1) is 6.54 Å². The Hall–Kier alpha value is -1.23. The van der Waals surface area contributed by atoms with Crippen molar-refractivity contribution in [2.75, 3.05) is 32.7 Å². The second-order valence-electron chi connectivity index (χ2n) is 5.97. The van der Waals surface area contributed by atoms with Crippen LogP contribution in [0.3, 0.4) is 0 Å². The van der Waals surface area contributed by atoms with E-state index in [0.29, 0.717) is 0 Å². The smallest absolute Gasteiger partial charge is 0.410 e. The molecule has 2 atom stereocenters. The minimum atomic E-state index is -0.140. The van der Waals surface area contributed by atoms with Crippen molar-refractivity contribution in [2.45, 2.75) is 52.2 Å². The molecule has 2 fully saturated rings. The standard InChI is InChI=1S/C16H29N3O2/c1-4-14(18-10-8-17-9-11-18)7-6-13(3)19-12-15(5-2)21-16(19)20/h4,13,15,17H,5-12H2,1-3H3/b14-4+. The summed E-state index contributed by atoms with van der Waals surface area (Å²) in [7, 11) is 0. The van der Waals surface area contributed by atoms with Crippen LogP contribution in [0.25, 0.3) is 0 Å². The van der Waals surface area contributed by atoms with Crippen molar-refractivity contribution in [3.8, 4) is 0 Å². The Labute approximate surface area is 128 Å². The number of cyclic esters (lactones) is 1. The van der Waals surface area contributed by atoms with Crippen LogP contribution in [0.2, 0.25) is 0 Å². The van der Waals surface area contributed by atoms with E-state index in [-0.39, 0.29) is 18.2 Å². The Morgan fingerprint density at radius 2 is 2.19 bits per heavy atom. The number of hydrogen-bond acceptors (Lipinski definition) is 4. The molecule has 21 heavy (non-hydrogen) atoms. The molecule has 0 aromatic carbocycles. The van der Waals surface area contributed by atoms with Gasteiger partial charge in [-0.25, -0.2) is 4.79 Å². The van der Waals surface area contributed by atoms with Crippen molar-refractivity contribution < 1.29 is 9.53 Å². The molecule has 0 aromatic rings. The van der Waals surface area contributed by atoms with Gasteiger partial charge in [0.2, 0.25) is 0 Å². The van der Waals surface area contributed by atoms with Gasteiger partial charge in [0.25, 0.3) is 0 Å². The third-order valence-corrected chi connectivity index (χ3v) is 4.56. The third-order valence-electron chi connectivity index (χ3n) is 4.56. The maximum absolute atomic E-state index is 11.9. The fraction of sp³-hybridized carbons (Fsp3) is 0.812. The number of amides is 1. The van der Waals surface area contributed by atoms with Crippen molar-refractivity contribution in [1.82, 2.24) is 15.1 Å². The number of ether oxygens (including phenoxy) is 1. The highest BCUT2D eigenvalue weighted by atomic mass is 16.6. The van der Waals surface area contributed by atoms with Crippen LogP contribution in [0, 0.1) is 0 Å². The maximum Gasteiger partial charge on any atom is 0.410 e.